The Hall–Kier alpha value is -1.69. The highest BCUT2D eigenvalue weighted by molar-refractivity contribution is 5.75. The molecule has 1 amide bonds. The summed E-state index contributed by atoms with van der Waals surface area (Å²) in [6.07, 6.45) is 3.68. The number of rotatable bonds is 6. The summed E-state index contributed by atoms with van der Waals surface area (Å²) >= 11 is 0. The summed E-state index contributed by atoms with van der Waals surface area (Å²) in [7, 11) is 0. The number of aromatic nitrogens is 2. The van der Waals surface area contributed by atoms with Crippen molar-refractivity contribution < 1.29 is 9.90 Å². The molecule has 0 aliphatic rings. The van der Waals surface area contributed by atoms with Crippen molar-refractivity contribution in [1.82, 2.24) is 14.9 Å². The number of aliphatic hydroxyl groups is 1. The summed E-state index contributed by atoms with van der Waals surface area (Å²) in [4.78, 5) is 26.2. The van der Waals surface area contributed by atoms with Crippen LogP contribution in [0.5, 0.6) is 0 Å². The second-order valence-electron chi connectivity index (χ2n) is 3.73. The van der Waals surface area contributed by atoms with Gasteiger partial charge >= 0.3 is 5.69 Å². The number of aliphatic hydroxyl groups excluding tert-OH is 1. The Bertz CT molecular complexity index is 416. The van der Waals surface area contributed by atoms with E-state index in [9.17, 15) is 14.7 Å². The Morgan fingerprint density at radius 1 is 1.65 bits per heavy atom. The third kappa shape index (κ3) is 4.78. The fourth-order valence-electron chi connectivity index (χ4n) is 1.30. The van der Waals surface area contributed by atoms with E-state index < -0.39 is 11.8 Å². The molecule has 94 valence electrons. The summed E-state index contributed by atoms with van der Waals surface area (Å²) in [5.41, 5.74) is -0.448. The highest BCUT2D eigenvalue weighted by Crippen LogP contribution is 1.94. The maximum atomic E-state index is 11.5. The van der Waals surface area contributed by atoms with Crippen LogP contribution in [-0.4, -0.2) is 33.2 Å². The summed E-state index contributed by atoms with van der Waals surface area (Å²) in [6, 6.07) is 1.59. The monoisotopic (exact) mass is 239 g/mol. The third-order valence-corrected chi connectivity index (χ3v) is 2.37. The maximum absolute atomic E-state index is 11.5. The van der Waals surface area contributed by atoms with E-state index >= 15 is 0 Å². The normalized spacial score (nSPS) is 12.1. The Labute approximate surface area is 99.3 Å². The van der Waals surface area contributed by atoms with Crippen LogP contribution in [0, 0.1) is 0 Å². The van der Waals surface area contributed by atoms with Gasteiger partial charge in [-0.25, -0.2) is 9.78 Å². The molecular formula is C11H17N3O3. The standard InChI is InChI=1S/C11H17N3O3/c1-2-9(15)4-6-12-10(16)8-14-7-3-5-13-11(14)17/h3,5,7,9,15H,2,4,6,8H2,1H3,(H,12,16). The van der Waals surface area contributed by atoms with Gasteiger partial charge in [-0.1, -0.05) is 6.92 Å². The first-order valence-corrected chi connectivity index (χ1v) is 5.59. The lowest BCUT2D eigenvalue weighted by molar-refractivity contribution is -0.121. The minimum Gasteiger partial charge on any atom is -0.393 e. The lowest BCUT2D eigenvalue weighted by Gasteiger charge is -2.09. The van der Waals surface area contributed by atoms with Crippen molar-refractivity contribution >= 4 is 5.91 Å². The first kappa shape index (κ1) is 13.4. The summed E-state index contributed by atoms with van der Waals surface area (Å²) in [5, 5.41) is 11.9. The van der Waals surface area contributed by atoms with Gasteiger partial charge in [0.1, 0.15) is 6.54 Å². The van der Waals surface area contributed by atoms with Crippen LogP contribution in [0.3, 0.4) is 0 Å². The van der Waals surface area contributed by atoms with E-state index in [1.165, 1.54) is 17.0 Å². The lowest BCUT2D eigenvalue weighted by atomic mass is 10.2. The minimum absolute atomic E-state index is 0.0467. The molecule has 2 N–H and O–H groups in total. The fourth-order valence-corrected chi connectivity index (χ4v) is 1.30. The number of amides is 1. The van der Waals surface area contributed by atoms with Crippen LogP contribution in [0.4, 0.5) is 0 Å². The van der Waals surface area contributed by atoms with Gasteiger partial charge in [0, 0.05) is 18.9 Å². The highest BCUT2D eigenvalue weighted by Gasteiger charge is 2.05. The molecule has 0 spiro atoms. The molecule has 0 saturated heterocycles. The molecular weight excluding hydrogens is 222 g/mol. The predicted octanol–water partition coefficient (Wildman–Crippen LogP) is -0.480. The van der Waals surface area contributed by atoms with Gasteiger partial charge in [-0.05, 0) is 18.9 Å². The maximum Gasteiger partial charge on any atom is 0.347 e. The van der Waals surface area contributed by atoms with E-state index in [4.69, 9.17) is 0 Å². The Morgan fingerprint density at radius 2 is 2.41 bits per heavy atom. The van der Waals surface area contributed by atoms with Crippen molar-refractivity contribution in [2.24, 2.45) is 0 Å². The summed E-state index contributed by atoms with van der Waals surface area (Å²) in [6.45, 7) is 2.24. The molecule has 0 saturated carbocycles. The molecule has 1 atom stereocenters. The van der Waals surface area contributed by atoms with Gasteiger partial charge in [-0.2, -0.15) is 0 Å². The van der Waals surface area contributed by atoms with Gasteiger partial charge in [0.05, 0.1) is 6.10 Å². The second kappa shape index (κ2) is 6.80. The largest absolute Gasteiger partial charge is 0.393 e. The van der Waals surface area contributed by atoms with Crippen molar-refractivity contribution in [3.05, 3.63) is 28.9 Å². The third-order valence-electron chi connectivity index (χ3n) is 2.37. The second-order valence-corrected chi connectivity index (χ2v) is 3.73. The van der Waals surface area contributed by atoms with Crippen molar-refractivity contribution in [1.29, 1.82) is 0 Å². The molecule has 0 fully saturated rings. The first-order chi connectivity index (χ1) is 8.13. The van der Waals surface area contributed by atoms with Gasteiger partial charge in [0.25, 0.3) is 0 Å². The summed E-state index contributed by atoms with van der Waals surface area (Å²) < 4.78 is 1.23. The van der Waals surface area contributed by atoms with E-state index in [0.29, 0.717) is 19.4 Å². The topological polar surface area (TPSA) is 84.2 Å². The first-order valence-electron chi connectivity index (χ1n) is 5.59. The SMILES string of the molecule is CCC(O)CCNC(=O)Cn1cccnc1=O. The predicted molar refractivity (Wildman–Crippen MR) is 62.4 cm³/mol. The van der Waals surface area contributed by atoms with E-state index in [-0.39, 0.29) is 12.5 Å². The van der Waals surface area contributed by atoms with Gasteiger partial charge < -0.3 is 10.4 Å². The van der Waals surface area contributed by atoms with Crippen LogP contribution in [0.25, 0.3) is 0 Å². The van der Waals surface area contributed by atoms with E-state index in [1.807, 2.05) is 6.92 Å². The number of hydrogen-bond donors (Lipinski definition) is 2. The molecule has 6 nitrogen and oxygen atoms in total. The number of nitrogens with zero attached hydrogens (tertiary/aromatic N) is 2. The van der Waals surface area contributed by atoms with E-state index in [1.54, 1.807) is 6.07 Å². The fraction of sp³-hybridized carbons (Fsp3) is 0.545. The summed E-state index contributed by atoms with van der Waals surface area (Å²) in [5.74, 6) is -0.261. The van der Waals surface area contributed by atoms with Crippen LogP contribution < -0.4 is 11.0 Å². The van der Waals surface area contributed by atoms with Crippen LogP contribution in [0.1, 0.15) is 19.8 Å². The number of hydrogen-bond acceptors (Lipinski definition) is 4. The molecule has 1 aromatic rings. The van der Waals surface area contributed by atoms with Gasteiger partial charge in [-0.3, -0.25) is 9.36 Å². The zero-order valence-electron chi connectivity index (χ0n) is 9.80. The molecule has 17 heavy (non-hydrogen) atoms. The average molecular weight is 239 g/mol. The molecule has 6 heteroatoms. The smallest absolute Gasteiger partial charge is 0.347 e. The molecule has 0 radical (unpaired) electrons. The molecule has 1 unspecified atom stereocenters. The van der Waals surface area contributed by atoms with Gasteiger partial charge in [0.2, 0.25) is 5.91 Å². The highest BCUT2D eigenvalue weighted by atomic mass is 16.3. The van der Waals surface area contributed by atoms with Crippen molar-refractivity contribution in [3.8, 4) is 0 Å². The number of carbonyl (C=O) groups excluding carboxylic acids is 1. The number of carbonyl (C=O) groups is 1. The molecule has 0 aliphatic carbocycles. The molecule has 1 heterocycles. The van der Waals surface area contributed by atoms with Gasteiger partial charge in [-0.15, -0.1) is 0 Å². The van der Waals surface area contributed by atoms with Crippen LogP contribution in [-0.2, 0) is 11.3 Å². The molecule has 0 aliphatic heterocycles. The Morgan fingerprint density at radius 3 is 3.06 bits per heavy atom. The molecule has 0 bridgehead atoms. The zero-order valence-corrected chi connectivity index (χ0v) is 9.80. The minimum atomic E-state index is -0.448. The average Bonchev–Trinajstić information content (AvgIpc) is 2.32. The quantitative estimate of drug-likeness (QED) is 0.702. The van der Waals surface area contributed by atoms with Gasteiger partial charge in [0.15, 0.2) is 0 Å². The van der Waals surface area contributed by atoms with Crippen molar-refractivity contribution in [2.75, 3.05) is 6.54 Å². The van der Waals surface area contributed by atoms with Crippen LogP contribution in [0.2, 0.25) is 0 Å². The van der Waals surface area contributed by atoms with E-state index in [2.05, 4.69) is 10.3 Å². The molecule has 0 aromatic carbocycles. The van der Waals surface area contributed by atoms with E-state index in [0.717, 1.165) is 0 Å². The lowest BCUT2D eigenvalue weighted by Crippen LogP contribution is -2.34. The molecule has 1 aromatic heterocycles. The van der Waals surface area contributed by atoms with Crippen molar-refractivity contribution in [2.45, 2.75) is 32.4 Å². The Kier molecular flexibility index (Phi) is 5.35. The number of nitrogens with one attached hydrogen (secondary N) is 1. The van der Waals surface area contributed by atoms with Crippen molar-refractivity contribution in [3.63, 3.8) is 0 Å². The zero-order chi connectivity index (χ0) is 12.7. The van der Waals surface area contributed by atoms with Crippen LogP contribution >= 0.6 is 0 Å². The molecule has 1 rings (SSSR count). The Balaban J connectivity index is 2.35. The van der Waals surface area contributed by atoms with Crippen LogP contribution in [0.15, 0.2) is 23.3 Å².